The molecule has 0 spiro atoms. The van der Waals surface area contributed by atoms with Crippen LogP contribution < -0.4 is 14.8 Å². The third-order valence-electron chi connectivity index (χ3n) is 6.26. The van der Waals surface area contributed by atoms with Crippen molar-refractivity contribution < 1.29 is 14.3 Å². The summed E-state index contributed by atoms with van der Waals surface area (Å²) >= 11 is 6.37. The van der Waals surface area contributed by atoms with Crippen LogP contribution in [0.25, 0.3) is 22.3 Å². The zero-order valence-electron chi connectivity index (χ0n) is 18.7. The lowest BCUT2D eigenvalue weighted by Gasteiger charge is -2.16. The van der Waals surface area contributed by atoms with Crippen molar-refractivity contribution in [1.29, 1.82) is 0 Å². The summed E-state index contributed by atoms with van der Waals surface area (Å²) in [4.78, 5) is 25.8. The topological polar surface area (TPSA) is 89.1 Å². The van der Waals surface area contributed by atoms with Crippen molar-refractivity contribution in [1.82, 2.24) is 15.0 Å². The van der Waals surface area contributed by atoms with Crippen molar-refractivity contribution in [3.63, 3.8) is 0 Å². The van der Waals surface area contributed by atoms with Gasteiger partial charge in [0.1, 0.15) is 11.6 Å². The van der Waals surface area contributed by atoms with Gasteiger partial charge in [0, 0.05) is 29.9 Å². The number of nitrogens with one attached hydrogen (secondary N) is 2. The molecule has 3 heterocycles. The van der Waals surface area contributed by atoms with E-state index in [4.69, 9.17) is 26.1 Å². The number of ether oxygens (including phenoxy) is 2. The van der Waals surface area contributed by atoms with Crippen molar-refractivity contribution in [3.05, 3.63) is 58.9 Å². The Bertz CT molecular complexity index is 1430. The number of carbonyl (C=O) groups is 1. The molecule has 34 heavy (non-hydrogen) atoms. The number of hydrogen-bond acceptors (Lipinski definition) is 6. The number of Topliss-reactive ketones (excluding diaryl/α,β-unsaturated/α-hetero) is 1. The molecule has 0 amide bonds. The number of aryl methyl sites for hydroxylation is 1. The average molecular weight is 475 g/mol. The Morgan fingerprint density at radius 2 is 2.03 bits per heavy atom. The van der Waals surface area contributed by atoms with Crippen LogP contribution >= 0.6 is 11.6 Å². The van der Waals surface area contributed by atoms with Gasteiger partial charge in [0.25, 0.3) is 0 Å². The first-order valence-corrected chi connectivity index (χ1v) is 11.8. The summed E-state index contributed by atoms with van der Waals surface area (Å²) < 4.78 is 11.5. The maximum Gasteiger partial charge on any atom is 0.214 e. The lowest BCUT2D eigenvalue weighted by molar-refractivity contribution is 0.0973. The second kappa shape index (κ2) is 8.33. The Hall–Kier alpha value is -3.58. The fourth-order valence-electron chi connectivity index (χ4n) is 4.51. The third-order valence-corrected chi connectivity index (χ3v) is 6.55. The number of aromatic amines is 1. The molecule has 0 atom stereocenters. The fraction of sp³-hybridized carbons (Fsp3) is 0.269. The van der Waals surface area contributed by atoms with Gasteiger partial charge in [0.05, 0.1) is 40.3 Å². The van der Waals surface area contributed by atoms with Gasteiger partial charge in [-0.05, 0) is 49.9 Å². The lowest BCUT2D eigenvalue weighted by Crippen LogP contribution is -2.11. The summed E-state index contributed by atoms with van der Waals surface area (Å²) in [6.07, 6.45) is 6.25. The Morgan fingerprint density at radius 1 is 1.15 bits per heavy atom. The highest BCUT2D eigenvalue weighted by molar-refractivity contribution is 6.32. The minimum absolute atomic E-state index is 0.108. The van der Waals surface area contributed by atoms with Gasteiger partial charge >= 0.3 is 0 Å². The summed E-state index contributed by atoms with van der Waals surface area (Å²) in [5.74, 6) is 1.21. The molecule has 172 valence electrons. The molecule has 3 aromatic heterocycles. The highest BCUT2D eigenvalue weighted by Crippen LogP contribution is 2.43. The number of anilines is 2. The number of nitrogens with zero attached hydrogens (tertiary/aromatic N) is 2. The van der Waals surface area contributed by atoms with E-state index in [1.54, 1.807) is 19.4 Å². The summed E-state index contributed by atoms with van der Waals surface area (Å²) in [6.45, 7) is 0. The molecule has 7 nitrogen and oxygen atoms in total. The lowest BCUT2D eigenvalue weighted by atomic mass is 9.94. The smallest absolute Gasteiger partial charge is 0.214 e. The molecule has 2 aliphatic carbocycles. The van der Waals surface area contributed by atoms with Crippen LogP contribution in [0.3, 0.4) is 0 Å². The molecule has 2 N–H and O–H groups in total. The van der Waals surface area contributed by atoms with E-state index in [-0.39, 0.29) is 11.9 Å². The molecule has 8 heteroatoms. The summed E-state index contributed by atoms with van der Waals surface area (Å²) in [7, 11) is 1.58. The molecule has 1 saturated carbocycles. The van der Waals surface area contributed by atoms with E-state index in [9.17, 15) is 4.79 Å². The molecule has 0 radical (unpaired) electrons. The highest BCUT2D eigenvalue weighted by atomic mass is 35.5. The standard InChI is InChI=1S/C26H23ClN4O3/c1-33-26-16(27)4-2-6-19(26)30-25-22-17(5-3-7-20(22)32)29-24(25)15-12-13-28-18-10-11-21(31-23(15)18)34-14-8-9-14/h2,4,6,10-14,29-30H,3,5,7-9H2,1H3. The Balaban J connectivity index is 1.54. The van der Waals surface area contributed by atoms with Crippen molar-refractivity contribution >= 4 is 39.8 Å². The number of para-hydroxylation sites is 1. The van der Waals surface area contributed by atoms with Crippen LogP contribution in [0.5, 0.6) is 11.6 Å². The summed E-state index contributed by atoms with van der Waals surface area (Å²) in [5, 5.41) is 3.94. The molecule has 1 fully saturated rings. The zero-order valence-corrected chi connectivity index (χ0v) is 19.4. The first kappa shape index (κ1) is 21.0. The maximum absolute atomic E-state index is 13.0. The number of ketones is 1. The van der Waals surface area contributed by atoms with E-state index in [0.717, 1.165) is 48.2 Å². The van der Waals surface area contributed by atoms with Crippen LogP contribution in [0.15, 0.2) is 42.6 Å². The van der Waals surface area contributed by atoms with Gasteiger partial charge in [-0.15, -0.1) is 0 Å². The van der Waals surface area contributed by atoms with Crippen molar-refractivity contribution in [2.75, 3.05) is 12.4 Å². The SMILES string of the molecule is COc1c(Cl)cccc1Nc1c(-c2ccnc3ccc(OC4CC4)nc23)[nH]c2c1C(=O)CCC2. The molecule has 0 saturated heterocycles. The number of pyridine rings is 2. The van der Waals surface area contributed by atoms with Crippen LogP contribution in [-0.2, 0) is 6.42 Å². The molecule has 4 aromatic rings. The van der Waals surface area contributed by atoms with Gasteiger partial charge in [-0.3, -0.25) is 9.78 Å². The summed E-state index contributed by atoms with van der Waals surface area (Å²) in [5.41, 5.74) is 6.08. The molecular weight excluding hydrogens is 452 g/mol. The first-order valence-electron chi connectivity index (χ1n) is 11.4. The molecule has 6 rings (SSSR count). The molecule has 0 aliphatic heterocycles. The molecule has 1 aromatic carbocycles. The minimum atomic E-state index is 0.108. The Labute approximate surface area is 201 Å². The van der Waals surface area contributed by atoms with E-state index < -0.39 is 0 Å². The van der Waals surface area contributed by atoms with Crippen LogP contribution in [0, 0.1) is 0 Å². The van der Waals surface area contributed by atoms with E-state index >= 15 is 0 Å². The van der Waals surface area contributed by atoms with Gasteiger partial charge in [-0.25, -0.2) is 4.98 Å². The van der Waals surface area contributed by atoms with Crippen LogP contribution in [0.4, 0.5) is 11.4 Å². The number of fused-ring (bicyclic) bond motifs is 2. The normalized spacial score (nSPS) is 15.3. The Kier molecular flexibility index (Phi) is 5.14. The quantitative estimate of drug-likeness (QED) is 0.351. The van der Waals surface area contributed by atoms with Crippen LogP contribution in [0.1, 0.15) is 41.7 Å². The largest absolute Gasteiger partial charge is 0.493 e. The predicted octanol–water partition coefficient (Wildman–Crippen LogP) is 6.09. The average Bonchev–Trinajstić information content (AvgIpc) is 3.58. The second-order valence-electron chi connectivity index (χ2n) is 8.64. The van der Waals surface area contributed by atoms with Crippen molar-refractivity contribution in [2.45, 2.75) is 38.2 Å². The highest BCUT2D eigenvalue weighted by Gasteiger charge is 2.29. The van der Waals surface area contributed by atoms with E-state index in [2.05, 4.69) is 15.3 Å². The molecule has 0 bridgehead atoms. The predicted molar refractivity (Wildman–Crippen MR) is 132 cm³/mol. The maximum atomic E-state index is 13.0. The number of methoxy groups -OCH3 is 1. The van der Waals surface area contributed by atoms with Gasteiger partial charge < -0.3 is 19.8 Å². The van der Waals surface area contributed by atoms with Crippen LogP contribution in [0.2, 0.25) is 5.02 Å². The molecular formula is C26H23ClN4O3. The number of benzene rings is 1. The number of halogens is 1. The molecule has 2 aliphatic rings. The Morgan fingerprint density at radius 3 is 2.85 bits per heavy atom. The monoisotopic (exact) mass is 474 g/mol. The number of carbonyl (C=O) groups excluding carboxylic acids is 1. The van der Waals surface area contributed by atoms with E-state index in [1.807, 2.05) is 30.3 Å². The van der Waals surface area contributed by atoms with E-state index in [0.29, 0.717) is 45.5 Å². The fourth-order valence-corrected chi connectivity index (χ4v) is 4.76. The molecule has 0 unspecified atom stereocenters. The number of H-pyrrole nitrogens is 1. The van der Waals surface area contributed by atoms with Gasteiger partial charge in [0.15, 0.2) is 11.5 Å². The third kappa shape index (κ3) is 3.66. The van der Waals surface area contributed by atoms with Gasteiger partial charge in [-0.1, -0.05) is 17.7 Å². The number of aromatic nitrogens is 3. The van der Waals surface area contributed by atoms with Crippen molar-refractivity contribution in [2.24, 2.45) is 0 Å². The number of hydrogen-bond donors (Lipinski definition) is 2. The summed E-state index contributed by atoms with van der Waals surface area (Å²) in [6, 6.07) is 11.2. The second-order valence-corrected chi connectivity index (χ2v) is 9.05. The van der Waals surface area contributed by atoms with Crippen LogP contribution in [-0.4, -0.2) is 33.9 Å². The number of rotatable bonds is 6. The first-order chi connectivity index (χ1) is 16.6. The zero-order chi connectivity index (χ0) is 23.2. The minimum Gasteiger partial charge on any atom is -0.493 e. The van der Waals surface area contributed by atoms with Gasteiger partial charge in [0.2, 0.25) is 5.88 Å². The van der Waals surface area contributed by atoms with E-state index in [1.165, 1.54) is 0 Å². The van der Waals surface area contributed by atoms with Crippen molar-refractivity contribution in [3.8, 4) is 22.9 Å². The van der Waals surface area contributed by atoms with Gasteiger partial charge in [-0.2, -0.15) is 0 Å².